The minimum Gasteiger partial charge on any atom is -0.478 e. The van der Waals surface area contributed by atoms with Crippen LogP contribution in [0.2, 0.25) is 5.02 Å². The normalized spacial score (nSPS) is 10.4. The van der Waals surface area contributed by atoms with E-state index in [0.717, 1.165) is 19.3 Å². The van der Waals surface area contributed by atoms with E-state index < -0.39 is 5.97 Å². The topological polar surface area (TPSA) is 63.6 Å². The predicted molar refractivity (Wildman–Crippen MR) is 82.0 cm³/mol. The van der Waals surface area contributed by atoms with Crippen molar-refractivity contribution in [1.82, 2.24) is 0 Å². The van der Waals surface area contributed by atoms with Crippen LogP contribution in [0.15, 0.2) is 18.2 Å². The molecule has 0 atom stereocenters. The van der Waals surface area contributed by atoms with Gasteiger partial charge >= 0.3 is 11.9 Å². The largest absolute Gasteiger partial charge is 0.478 e. The van der Waals surface area contributed by atoms with E-state index in [9.17, 15) is 9.59 Å². The molecular formula is C16H21ClO4. The third kappa shape index (κ3) is 6.63. The molecule has 5 heteroatoms. The van der Waals surface area contributed by atoms with Crippen molar-refractivity contribution in [3.63, 3.8) is 0 Å². The Labute approximate surface area is 130 Å². The molecule has 0 aliphatic carbocycles. The zero-order valence-corrected chi connectivity index (χ0v) is 13.0. The second kappa shape index (κ2) is 9.40. The second-order valence-electron chi connectivity index (χ2n) is 4.94. The van der Waals surface area contributed by atoms with Crippen LogP contribution in [-0.2, 0) is 4.79 Å². The lowest BCUT2D eigenvalue weighted by molar-refractivity contribution is -0.134. The van der Waals surface area contributed by atoms with Gasteiger partial charge in [0.15, 0.2) is 0 Å². The number of benzene rings is 1. The number of carbonyl (C=O) groups is 2. The molecule has 0 fully saturated rings. The Kier molecular flexibility index (Phi) is 7.83. The van der Waals surface area contributed by atoms with Crippen molar-refractivity contribution in [1.29, 1.82) is 0 Å². The van der Waals surface area contributed by atoms with Crippen molar-refractivity contribution in [3.05, 3.63) is 28.8 Å². The van der Waals surface area contributed by atoms with Gasteiger partial charge in [-0.3, -0.25) is 4.79 Å². The number of hydrogen-bond acceptors (Lipinski definition) is 3. The van der Waals surface area contributed by atoms with Gasteiger partial charge in [0.05, 0.1) is 10.6 Å². The van der Waals surface area contributed by atoms with Crippen molar-refractivity contribution >= 4 is 23.5 Å². The maximum absolute atomic E-state index is 11.7. The van der Waals surface area contributed by atoms with E-state index in [1.807, 2.05) is 0 Å². The van der Waals surface area contributed by atoms with Crippen molar-refractivity contribution < 1.29 is 19.4 Å². The summed E-state index contributed by atoms with van der Waals surface area (Å²) in [6.07, 6.45) is 6.93. The molecule has 1 aromatic rings. The molecule has 0 aliphatic heterocycles. The first kappa shape index (κ1) is 17.5. The highest BCUT2D eigenvalue weighted by Crippen LogP contribution is 2.26. The molecule has 116 valence electrons. The molecule has 0 radical (unpaired) electrons. The van der Waals surface area contributed by atoms with Crippen molar-refractivity contribution in [2.24, 2.45) is 0 Å². The Morgan fingerprint density at radius 1 is 1.14 bits per heavy atom. The number of hydrogen-bond donors (Lipinski definition) is 1. The van der Waals surface area contributed by atoms with E-state index >= 15 is 0 Å². The number of carbonyl (C=O) groups excluding carboxylic acids is 1. The summed E-state index contributed by atoms with van der Waals surface area (Å²) >= 11 is 5.90. The number of carboxylic acid groups (broad SMARTS) is 1. The smallest absolute Gasteiger partial charge is 0.335 e. The van der Waals surface area contributed by atoms with Crippen molar-refractivity contribution in [3.8, 4) is 5.75 Å². The summed E-state index contributed by atoms with van der Waals surface area (Å²) < 4.78 is 5.14. The number of halogens is 1. The Bertz CT molecular complexity index is 485. The average Bonchev–Trinajstić information content (AvgIpc) is 2.44. The summed E-state index contributed by atoms with van der Waals surface area (Å²) in [6.45, 7) is 2.16. The Hall–Kier alpha value is -1.55. The maximum Gasteiger partial charge on any atom is 0.335 e. The number of esters is 1. The van der Waals surface area contributed by atoms with E-state index in [1.165, 1.54) is 37.5 Å². The zero-order chi connectivity index (χ0) is 15.7. The summed E-state index contributed by atoms with van der Waals surface area (Å²) in [5.74, 6) is -1.20. The van der Waals surface area contributed by atoms with E-state index in [4.69, 9.17) is 21.4 Å². The molecule has 1 rings (SSSR count). The van der Waals surface area contributed by atoms with Gasteiger partial charge in [0.25, 0.3) is 0 Å². The number of rotatable bonds is 9. The van der Waals surface area contributed by atoms with Crippen molar-refractivity contribution in [2.75, 3.05) is 0 Å². The van der Waals surface area contributed by atoms with Crippen LogP contribution in [0.4, 0.5) is 0 Å². The summed E-state index contributed by atoms with van der Waals surface area (Å²) in [5, 5.41) is 8.95. The van der Waals surface area contributed by atoms with Gasteiger partial charge in [0, 0.05) is 6.42 Å². The molecule has 0 aromatic heterocycles. The van der Waals surface area contributed by atoms with Crippen LogP contribution in [0.5, 0.6) is 5.75 Å². The third-order valence-electron chi connectivity index (χ3n) is 3.14. The molecule has 4 nitrogen and oxygen atoms in total. The first-order valence-corrected chi connectivity index (χ1v) is 7.66. The molecule has 0 aliphatic rings. The molecule has 1 aromatic carbocycles. The first-order valence-electron chi connectivity index (χ1n) is 7.28. The third-order valence-corrected chi connectivity index (χ3v) is 3.43. The van der Waals surface area contributed by atoms with Crippen LogP contribution in [0.3, 0.4) is 0 Å². The maximum atomic E-state index is 11.7. The Balaban J connectivity index is 2.36. The van der Waals surface area contributed by atoms with Gasteiger partial charge in [0.1, 0.15) is 5.75 Å². The molecule has 0 amide bonds. The summed E-state index contributed by atoms with van der Waals surface area (Å²) in [7, 11) is 0. The van der Waals surface area contributed by atoms with Crippen LogP contribution >= 0.6 is 11.6 Å². The van der Waals surface area contributed by atoms with Crippen LogP contribution in [-0.4, -0.2) is 17.0 Å². The molecule has 0 bridgehead atoms. The van der Waals surface area contributed by atoms with Gasteiger partial charge in [-0.05, 0) is 24.6 Å². The van der Waals surface area contributed by atoms with Crippen LogP contribution in [0.25, 0.3) is 0 Å². The standard InChI is InChI=1S/C16H21ClO4/c1-2-3-4-5-6-7-8-15(18)21-14-10-9-12(16(19)20)11-13(14)17/h9-11H,2-8H2,1H3,(H,19,20). The van der Waals surface area contributed by atoms with Crippen LogP contribution in [0, 0.1) is 0 Å². The summed E-state index contributed by atoms with van der Waals surface area (Å²) in [4.78, 5) is 22.4. The van der Waals surface area contributed by atoms with E-state index in [-0.39, 0.29) is 22.3 Å². The zero-order valence-electron chi connectivity index (χ0n) is 12.2. The van der Waals surface area contributed by atoms with Crippen LogP contribution in [0.1, 0.15) is 62.2 Å². The molecular weight excluding hydrogens is 292 g/mol. The molecule has 1 N–H and O–H groups in total. The van der Waals surface area contributed by atoms with Gasteiger partial charge in [-0.25, -0.2) is 4.79 Å². The molecule has 0 spiro atoms. The van der Waals surface area contributed by atoms with Gasteiger partial charge < -0.3 is 9.84 Å². The number of aromatic carboxylic acids is 1. The van der Waals surface area contributed by atoms with E-state index in [0.29, 0.717) is 6.42 Å². The quantitative estimate of drug-likeness (QED) is 0.408. The molecule has 0 saturated heterocycles. The molecule has 0 unspecified atom stereocenters. The molecule has 0 saturated carbocycles. The highest BCUT2D eigenvalue weighted by Gasteiger charge is 2.11. The average molecular weight is 313 g/mol. The Morgan fingerprint density at radius 3 is 2.43 bits per heavy atom. The minimum atomic E-state index is -1.07. The van der Waals surface area contributed by atoms with Gasteiger partial charge in [-0.15, -0.1) is 0 Å². The molecule has 21 heavy (non-hydrogen) atoms. The first-order chi connectivity index (χ1) is 10.0. The van der Waals surface area contributed by atoms with Gasteiger partial charge in [-0.2, -0.15) is 0 Å². The van der Waals surface area contributed by atoms with E-state index in [2.05, 4.69) is 6.92 Å². The second-order valence-corrected chi connectivity index (χ2v) is 5.35. The fourth-order valence-corrected chi connectivity index (χ4v) is 2.16. The number of unbranched alkanes of at least 4 members (excludes halogenated alkanes) is 5. The Morgan fingerprint density at radius 2 is 1.81 bits per heavy atom. The highest BCUT2D eigenvalue weighted by atomic mass is 35.5. The predicted octanol–water partition coefficient (Wildman–Crippen LogP) is 4.69. The number of carboxylic acids is 1. The van der Waals surface area contributed by atoms with Gasteiger partial charge in [0.2, 0.25) is 0 Å². The molecule has 0 heterocycles. The van der Waals surface area contributed by atoms with E-state index in [1.54, 1.807) is 0 Å². The number of ether oxygens (including phenoxy) is 1. The SMILES string of the molecule is CCCCCCCCC(=O)Oc1ccc(C(=O)O)cc1Cl. The monoisotopic (exact) mass is 312 g/mol. The minimum absolute atomic E-state index is 0.0655. The summed E-state index contributed by atoms with van der Waals surface area (Å²) in [5.41, 5.74) is 0.0655. The summed E-state index contributed by atoms with van der Waals surface area (Å²) in [6, 6.07) is 4.05. The fourth-order valence-electron chi connectivity index (χ4n) is 1.94. The van der Waals surface area contributed by atoms with Crippen LogP contribution < -0.4 is 4.74 Å². The highest BCUT2D eigenvalue weighted by molar-refractivity contribution is 6.32. The lowest BCUT2D eigenvalue weighted by Crippen LogP contribution is -2.08. The van der Waals surface area contributed by atoms with Gasteiger partial charge in [-0.1, -0.05) is 50.6 Å². The lowest BCUT2D eigenvalue weighted by atomic mass is 10.1. The van der Waals surface area contributed by atoms with Crippen molar-refractivity contribution in [2.45, 2.75) is 51.9 Å². The lowest BCUT2D eigenvalue weighted by Gasteiger charge is -2.07. The fraction of sp³-hybridized carbons (Fsp3) is 0.500.